The molecule has 61 valence electrons. The third-order valence-electron chi connectivity index (χ3n) is 2.59. The molecule has 1 N–H and O–H groups in total. The summed E-state index contributed by atoms with van der Waals surface area (Å²) in [5, 5.41) is 7.17. The highest BCUT2D eigenvalue weighted by molar-refractivity contribution is 5.82. The molecule has 2 rings (SSSR count). The maximum absolute atomic E-state index is 11.3. The lowest BCUT2D eigenvalue weighted by Gasteiger charge is -2.11. The average Bonchev–Trinajstić information content (AvgIpc) is 2.40. The Balaban J connectivity index is 2.09. The first-order chi connectivity index (χ1) is 5.38. The van der Waals surface area contributed by atoms with Crippen molar-refractivity contribution in [3.8, 4) is 0 Å². The van der Waals surface area contributed by atoms with Crippen LogP contribution in [-0.2, 0) is 4.79 Å². The molecule has 2 saturated heterocycles. The van der Waals surface area contributed by atoms with Crippen LogP contribution in [0.25, 0.3) is 0 Å². The van der Waals surface area contributed by atoms with Crippen molar-refractivity contribution in [1.29, 1.82) is 0 Å². The maximum Gasteiger partial charge on any atom is 0.239 e. The van der Waals surface area contributed by atoms with Crippen LogP contribution in [0.5, 0.6) is 0 Å². The summed E-state index contributed by atoms with van der Waals surface area (Å²) in [6, 6.07) is -0.00231. The van der Waals surface area contributed by atoms with E-state index < -0.39 is 0 Å². The van der Waals surface area contributed by atoms with E-state index >= 15 is 0 Å². The quantitative estimate of drug-likeness (QED) is 0.518. The Bertz CT molecular complexity index is 169. The van der Waals surface area contributed by atoms with Crippen LogP contribution in [-0.4, -0.2) is 25.0 Å². The average molecular weight is 153 g/mol. The smallest absolute Gasteiger partial charge is 0.239 e. The van der Waals surface area contributed by atoms with Gasteiger partial charge in [0.1, 0.15) is 6.04 Å². The van der Waals surface area contributed by atoms with Gasteiger partial charge in [0.25, 0.3) is 0 Å². The van der Waals surface area contributed by atoms with Gasteiger partial charge in [-0.3, -0.25) is 4.79 Å². The van der Waals surface area contributed by atoms with Gasteiger partial charge in [-0.05, 0) is 25.2 Å². The van der Waals surface area contributed by atoms with E-state index in [-0.39, 0.29) is 11.9 Å². The predicted octanol–water partition coefficient (Wildman–Crippen LogP) is -0.111. The number of rotatable bonds is 0. The van der Waals surface area contributed by atoms with Crippen LogP contribution >= 0.6 is 0 Å². The molecule has 0 aromatic rings. The SMILES string of the molecule is O=C1NCCCC2CC[N]C12. The molecule has 0 saturated carbocycles. The summed E-state index contributed by atoms with van der Waals surface area (Å²) in [6.07, 6.45) is 3.42. The highest BCUT2D eigenvalue weighted by Crippen LogP contribution is 2.23. The third-order valence-corrected chi connectivity index (χ3v) is 2.59. The largest absolute Gasteiger partial charge is 0.355 e. The van der Waals surface area contributed by atoms with Crippen LogP contribution in [0.3, 0.4) is 0 Å². The summed E-state index contributed by atoms with van der Waals surface area (Å²) >= 11 is 0. The number of fused-ring (bicyclic) bond motifs is 1. The molecule has 3 heteroatoms. The van der Waals surface area contributed by atoms with Crippen LogP contribution in [0.2, 0.25) is 0 Å². The Morgan fingerprint density at radius 3 is 3.27 bits per heavy atom. The zero-order valence-electron chi connectivity index (χ0n) is 6.55. The van der Waals surface area contributed by atoms with Gasteiger partial charge >= 0.3 is 0 Å². The van der Waals surface area contributed by atoms with E-state index in [9.17, 15) is 4.79 Å². The van der Waals surface area contributed by atoms with Gasteiger partial charge < -0.3 is 5.32 Å². The Labute approximate surface area is 66.5 Å². The number of nitrogens with one attached hydrogen (secondary N) is 1. The van der Waals surface area contributed by atoms with Crippen molar-refractivity contribution in [1.82, 2.24) is 10.6 Å². The summed E-state index contributed by atoms with van der Waals surface area (Å²) in [4.78, 5) is 11.3. The summed E-state index contributed by atoms with van der Waals surface area (Å²) in [5.41, 5.74) is 0. The first kappa shape index (κ1) is 7.10. The molecule has 2 atom stereocenters. The van der Waals surface area contributed by atoms with Crippen molar-refractivity contribution in [2.75, 3.05) is 13.1 Å². The summed E-state index contributed by atoms with van der Waals surface area (Å²) < 4.78 is 0. The summed E-state index contributed by atoms with van der Waals surface area (Å²) in [7, 11) is 0. The number of hydrogen-bond donors (Lipinski definition) is 1. The lowest BCUT2D eigenvalue weighted by atomic mass is 9.96. The van der Waals surface area contributed by atoms with Gasteiger partial charge in [0, 0.05) is 13.1 Å². The first-order valence-electron chi connectivity index (χ1n) is 4.32. The van der Waals surface area contributed by atoms with Crippen molar-refractivity contribution < 1.29 is 4.79 Å². The van der Waals surface area contributed by atoms with Crippen molar-refractivity contribution in [2.45, 2.75) is 25.3 Å². The highest BCUT2D eigenvalue weighted by Gasteiger charge is 2.34. The molecule has 2 unspecified atom stereocenters. The van der Waals surface area contributed by atoms with Crippen LogP contribution in [0, 0.1) is 5.92 Å². The number of hydrogen-bond acceptors (Lipinski definition) is 1. The van der Waals surface area contributed by atoms with E-state index in [2.05, 4.69) is 10.6 Å². The molecule has 0 spiro atoms. The van der Waals surface area contributed by atoms with E-state index in [0.29, 0.717) is 5.92 Å². The molecular weight excluding hydrogens is 140 g/mol. The molecule has 2 heterocycles. The van der Waals surface area contributed by atoms with E-state index in [1.54, 1.807) is 0 Å². The Morgan fingerprint density at radius 1 is 1.45 bits per heavy atom. The number of carbonyl (C=O) groups excluding carboxylic acids is 1. The molecule has 0 aromatic carbocycles. The van der Waals surface area contributed by atoms with Crippen LogP contribution in [0.4, 0.5) is 0 Å². The number of carbonyl (C=O) groups is 1. The molecule has 0 aromatic heterocycles. The van der Waals surface area contributed by atoms with Gasteiger partial charge in [0.05, 0.1) is 0 Å². The summed E-state index contributed by atoms with van der Waals surface area (Å²) in [5.74, 6) is 0.711. The van der Waals surface area contributed by atoms with Gasteiger partial charge in [0.15, 0.2) is 0 Å². The number of nitrogens with zero attached hydrogens (tertiary/aromatic N) is 1. The van der Waals surface area contributed by atoms with E-state index in [4.69, 9.17) is 0 Å². The lowest BCUT2D eigenvalue weighted by Crippen LogP contribution is -2.38. The molecular formula is C8H13N2O. The summed E-state index contributed by atoms with van der Waals surface area (Å²) in [6.45, 7) is 1.74. The van der Waals surface area contributed by atoms with Crippen molar-refractivity contribution in [3.63, 3.8) is 0 Å². The zero-order chi connectivity index (χ0) is 7.68. The molecule has 3 nitrogen and oxygen atoms in total. The Morgan fingerprint density at radius 2 is 2.36 bits per heavy atom. The monoisotopic (exact) mass is 153 g/mol. The minimum Gasteiger partial charge on any atom is -0.355 e. The normalized spacial score (nSPS) is 37.6. The molecule has 2 aliphatic heterocycles. The zero-order valence-corrected chi connectivity index (χ0v) is 6.55. The molecule has 0 aliphatic carbocycles. The van der Waals surface area contributed by atoms with Crippen molar-refractivity contribution in [3.05, 3.63) is 0 Å². The standard InChI is InChI=1S/C8H13N2O/c11-8-7-6(3-5-9-7)2-1-4-10-8/h6-7H,1-5H2,(H,10,11). The predicted molar refractivity (Wildman–Crippen MR) is 41.1 cm³/mol. The van der Waals surface area contributed by atoms with Gasteiger partial charge in [0.2, 0.25) is 5.91 Å². The topological polar surface area (TPSA) is 43.2 Å². The van der Waals surface area contributed by atoms with E-state index in [1.807, 2.05) is 0 Å². The van der Waals surface area contributed by atoms with E-state index in [1.165, 1.54) is 6.42 Å². The molecule has 1 radical (unpaired) electrons. The Hall–Kier alpha value is -0.570. The van der Waals surface area contributed by atoms with Gasteiger partial charge in [-0.2, -0.15) is 0 Å². The lowest BCUT2D eigenvalue weighted by molar-refractivity contribution is -0.123. The fraction of sp³-hybridized carbons (Fsp3) is 0.875. The highest BCUT2D eigenvalue weighted by atomic mass is 16.2. The Kier molecular flexibility index (Phi) is 1.82. The molecule has 1 amide bonds. The van der Waals surface area contributed by atoms with Crippen LogP contribution in [0.15, 0.2) is 0 Å². The minimum atomic E-state index is -0.00231. The fourth-order valence-electron chi connectivity index (χ4n) is 1.97. The maximum atomic E-state index is 11.3. The second kappa shape index (κ2) is 2.81. The second-order valence-corrected chi connectivity index (χ2v) is 3.33. The third kappa shape index (κ3) is 1.25. The van der Waals surface area contributed by atoms with Crippen molar-refractivity contribution in [2.24, 2.45) is 5.92 Å². The molecule has 2 aliphatic rings. The van der Waals surface area contributed by atoms with Crippen LogP contribution < -0.4 is 10.6 Å². The second-order valence-electron chi connectivity index (χ2n) is 3.33. The molecule has 0 bridgehead atoms. The van der Waals surface area contributed by atoms with E-state index in [0.717, 1.165) is 25.9 Å². The molecule has 11 heavy (non-hydrogen) atoms. The molecule has 2 fully saturated rings. The first-order valence-corrected chi connectivity index (χ1v) is 4.32. The fourth-order valence-corrected chi connectivity index (χ4v) is 1.97. The van der Waals surface area contributed by atoms with Crippen molar-refractivity contribution >= 4 is 5.91 Å². The number of amides is 1. The van der Waals surface area contributed by atoms with Gasteiger partial charge in [-0.25, -0.2) is 5.32 Å². The minimum absolute atomic E-state index is 0.00231. The van der Waals surface area contributed by atoms with Gasteiger partial charge in [-0.15, -0.1) is 0 Å². The van der Waals surface area contributed by atoms with Crippen LogP contribution in [0.1, 0.15) is 19.3 Å². The van der Waals surface area contributed by atoms with Gasteiger partial charge in [-0.1, -0.05) is 0 Å².